The Balaban J connectivity index is 1.54. The molecule has 0 aliphatic carbocycles. The van der Waals surface area contributed by atoms with Crippen molar-refractivity contribution in [2.24, 2.45) is 0 Å². The van der Waals surface area contributed by atoms with Gasteiger partial charge in [0, 0.05) is 12.2 Å². The SMILES string of the molecule is Cc1ccc(NC(=O)CN2CCCC(c3nc(C)no3)C2)cc1. The lowest BCUT2D eigenvalue weighted by molar-refractivity contribution is -0.117. The molecule has 6 nitrogen and oxygen atoms in total. The number of nitrogens with one attached hydrogen (secondary N) is 1. The molecule has 1 aromatic heterocycles. The molecule has 1 unspecified atom stereocenters. The van der Waals surface area contributed by atoms with Crippen LogP contribution >= 0.6 is 0 Å². The minimum Gasteiger partial charge on any atom is -0.339 e. The molecule has 1 aromatic carbocycles. The zero-order chi connectivity index (χ0) is 16.2. The Morgan fingerprint density at radius 2 is 2.13 bits per heavy atom. The summed E-state index contributed by atoms with van der Waals surface area (Å²) >= 11 is 0. The van der Waals surface area contributed by atoms with Gasteiger partial charge in [-0.25, -0.2) is 0 Å². The first-order valence-electron chi connectivity index (χ1n) is 7.99. The normalized spacial score (nSPS) is 18.8. The van der Waals surface area contributed by atoms with Gasteiger partial charge < -0.3 is 9.84 Å². The molecule has 0 bridgehead atoms. The molecule has 23 heavy (non-hydrogen) atoms. The summed E-state index contributed by atoms with van der Waals surface area (Å²) in [6, 6.07) is 7.83. The predicted octanol–water partition coefficient (Wildman–Crippen LogP) is 2.50. The van der Waals surface area contributed by atoms with Crippen molar-refractivity contribution in [1.29, 1.82) is 0 Å². The van der Waals surface area contributed by atoms with Crippen LogP contribution in [-0.4, -0.2) is 40.6 Å². The third-order valence-electron chi connectivity index (χ3n) is 4.10. The van der Waals surface area contributed by atoms with E-state index in [2.05, 4.69) is 20.4 Å². The van der Waals surface area contributed by atoms with E-state index in [1.807, 2.05) is 38.1 Å². The fraction of sp³-hybridized carbons (Fsp3) is 0.471. The summed E-state index contributed by atoms with van der Waals surface area (Å²) in [5.74, 6) is 1.58. The van der Waals surface area contributed by atoms with Crippen LogP contribution in [0.5, 0.6) is 0 Å². The lowest BCUT2D eigenvalue weighted by atomic mass is 9.98. The van der Waals surface area contributed by atoms with Crippen LogP contribution in [0.25, 0.3) is 0 Å². The van der Waals surface area contributed by atoms with Crippen LogP contribution in [-0.2, 0) is 4.79 Å². The Morgan fingerprint density at radius 1 is 1.35 bits per heavy atom. The number of anilines is 1. The van der Waals surface area contributed by atoms with Crippen LogP contribution in [0.15, 0.2) is 28.8 Å². The second kappa shape index (κ2) is 6.91. The maximum Gasteiger partial charge on any atom is 0.238 e. The Hall–Kier alpha value is -2.21. The summed E-state index contributed by atoms with van der Waals surface area (Å²) in [5.41, 5.74) is 2.01. The van der Waals surface area contributed by atoms with Crippen molar-refractivity contribution in [3.8, 4) is 0 Å². The highest BCUT2D eigenvalue weighted by molar-refractivity contribution is 5.92. The first kappa shape index (κ1) is 15.7. The third kappa shape index (κ3) is 4.16. The van der Waals surface area contributed by atoms with E-state index in [-0.39, 0.29) is 11.8 Å². The molecule has 1 amide bonds. The largest absolute Gasteiger partial charge is 0.339 e. The minimum atomic E-state index is 0.0104. The molecule has 1 saturated heterocycles. The van der Waals surface area contributed by atoms with E-state index in [1.165, 1.54) is 5.56 Å². The lowest BCUT2D eigenvalue weighted by Crippen LogP contribution is -2.39. The number of carbonyl (C=O) groups is 1. The van der Waals surface area contributed by atoms with Gasteiger partial charge >= 0.3 is 0 Å². The Morgan fingerprint density at radius 3 is 2.83 bits per heavy atom. The average Bonchev–Trinajstić information content (AvgIpc) is 2.96. The summed E-state index contributed by atoms with van der Waals surface area (Å²) in [6.45, 7) is 5.94. The molecule has 1 atom stereocenters. The van der Waals surface area contributed by atoms with Gasteiger partial charge in [0.25, 0.3) is 0 Å². The van der Waals surface area contributed by atoms with E-state index in [1.54, 1.807) is 0 Å². The second-order valence-corrected chi connectivity index (χ2v) is 6.17. The quantitative estimate of drug-likeness (QED) is 0.939. The number of benzene rings is 1. The maximum absolute atomic E-state index is 12.2. The molecule has 3 rings (SSSR count). The number of aromatic nitrogens is 2. The molecule has 0 saturated carbocycles. The Kier molecular flexibility index (Phi) is 4.71. The minimum absolute atomic E-state index is 0.0104. The van der Waals surface area contributed by atoms with Crippen molar-refractivity contribution in [1.82, 2.24) is 15.0 Å². The Bertz CT molecular complexity index is 665. The lowest BCUT2D eigenvalue weighted by Gasteiger charge is -2.30. The highest BCUT2D eigenvalue weighted by Crippen LogP contribution is 2.25. The second-order valence-electron chi connectivity index (χ2n) is 6.17. The van der Waals surface area contributed by atoms with Crippen LogP contribution in [0.2, 0.25) is 0 Å². The molecule has 2 heterocycles. The van der Waals surface area contributed by atoms with Gasteiger partial charge in [0.15, 0.2) is 5.82 Å². The van der Waals surface area contributed by atoms with E-state index in [0.29, 0.717) is 18.3 Å². The zero-order valence-corrected chi connectivity index (χ0v) is 13.6. The molecule has 1 aliphatic heterocycles. The van der Waals surface area contributed by atoms with Crippen LogP contribution in [0.1, 0.15) is 36.0 Å². The van der Waals surface area contributed by atoms with Crippen molar-refractivity contribution < 1.29 is 9.32 Å². The van der Waals surface area contributed by atoms with E-state index >= 15 is 0 Å². The number of piperidine rings is 1. The van der Waals surface area contributed by atoms with Crippen LogP contribution in [0.3, 0.4) is 0 Å². The van der Waals surface area contributed by atoms with E-state index in [4.69, 9.17) is 4.52 Å². The van der Waals surface area contributed by atoms with Gasteiger partial charge in [-0.05, 0) is 45.4 Å². The monoisotopic (exact) mass is 314 g/mol. The molecular formula is C17H22N4O2. The maximum atomic E-state index is 12.2. The molecule has 122 valence electrons. The van der Waals surface area contributed by atoms with Crippen LogP contribution in [0.4, 0.5) is 5.69 Å². The van der Waals surface area contributed by atoms with Gasteiger partial charge in [-0.3, -0.25) is 9.69 Å². The smallest absolute Gasteiger partial charge is 0.238 e. The topological polar surface area (TPSA) is 71.3 Å². The first-order valence-corrected chi connectivity index (χ1v) is 7.99. The van der Waals surface area contributed by atoms with Crippen molar-refractivity contribution >= 4 is 11.6 Å². The Labute approximate surface area is 135 Å². The summed E-state index contributed by atoms with van der Waals surface area (Å²) in [4.78, 5) is 18.7. The van der Waals surface area contributed by atoms with Crippen LogP contribution < -0.4 is 5.32 Å². The molecule has 1 fully saturated rings. The number of hydrogen-bond acceptors (Lipinski definition) is 5. The van der Waals surface area contributed by atoms with Gasteiger partial charge in [-0.2, -0.15) is 4.98 Å². The fourth-order valence-corrected chi connectivity index (χ4v) is 2.92. The molecule has 2 aromatic rings. The van der Waals surface area contributed by atoms with Gasteiger partial charge in [0.1, 0.15) is 0 Å². The number of hydrogen-bond donors (Lipinski definition) is 1. The van der Waals surface area contributed by atoms with Crippen molar-refractivity contribution in [2.45, 2.75) is 32.6 Å². The van der Waals surface area contributed by atoms with Gasteiger partial charge in [0.05, 0.1) is 12.5 Å². The van der Waals surface area contributed by atoms with E-state index in [9.17, 15) is 4.79 Å². The number of amides is 1. The third-order valence-corrected chi connectivity index (χ3v) is 4.10. The number of likely N-dealkylation sites (tertiary alicyclic amines) is 1. The van der Waals surface area contributed by atoms with Gasteiger partial charge in [0.2, 0.25) is 11.8 Å². The van der Waals surface area contributed by atoms with Gasteiger partial charge in [-0.1, -0.05) is 22.9 Å². The molecule has 0 spiro atoms. The fourth-order valence-electron chi connectivity index (χ4n) is 2.92. The highest BCUT2D eigenvalue weighted by atomic mass is 16.5. The van der Waals surface area contributed by atoms with E-state index in [0.717, 1.165) is 31.6 Å². The standard InChI is InChI=1S/C17H22N4O2/c1-12-5-7-15(8-6-12)19-16(22)11-21-9-3-4-14(10-21)17-18-13(2)20-23-17/h5-8,14H,3-4,9-11H2,1-2H3,(H,19,22). The summed E-state index contributed by atoms with van der Waals surface area (Å²) in [6.07, 6.45) is 2.06. The number of rotatable bonds is 4. The van der Waals surface area contributed by atoms with E-state index < -0.39 is 0 Å². The van der Waals surface area contributed by atoms with Crippen molar-refractivity contribution in [2.75, 3.05) is 25.0 Å². The summed E-state index contributed by atoms with van der Waals surface area (Å²) < 4.78 is 5.28. The molecular weight excluding hydrogens is 292 g/mol. The molecule has 6 heteroatoms. The van der Waals surface area contributed by atoms with Crippen molar-refractivity contribution in [3.63, 3.8) is 0 Å². The number of carbonyl (C=O) groups excluding carboxylic acids is 1. The van der Waals surface area contributed by atoms with Crippen molar-refractivity contribution in [3.05, 3.63) is 41.5 Å². The highest BCUT2D eigenvalue weighted by Gasteiger charge is 2.26. The first-order chi connectivity index (χ1) is 11.1. The van der Waals surface area contributed by atoms with Crippen LogP contribution in [0, 0.1) is 13.8 Å². The summed E-state index contributed by atoms with van der Waals surface area (Å²) in [7, 11) is 0. The average molecular weight is 314 g/mol. The molecule has 0 radical (unpaired) electrons. The predicted molar refractivity (Wildman–Crippen MR) is 87.3 cm³/mol. The van der Waals surface area contributed by atoms with Gasteiger partial charge in [-0.15, -0.1) is 0 Å². The molecule has 1 N–H and O–H groups in total. The summed E-state index contributed by atoms with van der Waals surface area (Å²) in [5, 5.41) is 6.80. The number of aryl methyl sites for hydroxylation is 2. The number of nitrogens with zero attached hydrogens (tertiary/aromatic N) is 3. The molecule has 1 aliphatic rings. The zero-order valence-electron chi connectivity index (χ0n) is 13.6.